The molecule has 5 nitrogen and oxygen atoms in total. The Morgan fingerprint density at radius 2 is 1.54 bits per heavy atom. The van der Waals surface area contributed by atoms with Crippen molar-refractivity contribution in [1.82, 2.24) is 5.32 Å². The van der Waals surface area contributed by atoms with Gasteiger partial charge in [-0.25, -0.2) is 13.6 Å². The smallest absolute Gasteiger partial charge is 0.348 e. The Hall–Kier alpha value is -2.39. The number of carbonyl (C=O) groups excluding carboxylic acids is 1. The highest BCUT2D eigenvalue weighted by molar-refractivity contribution is 7.89. The van der Waals surface area contributed by atoms with Crippen LogP contribution in [0.4, 0.5) is 13.2 Å². The summed E-state index contributed by atoms with van der Waals surface area (Å²) in [6.45, 7) is 0.0356. The zero-order valence-corrected chi connectivity index (χ0v) is 13.0. The number of benzene rings is 2. The molecule has 0 aliphatic carbocycles. The molecule has 128 valence electrons. The fraction of sp³-hybridized carbons (Fsp3) is 0.133. The van der Waals surface area contributed by atoms with Crippen molar-refractivity contribution in [2.45, 2.75) is 17.6 Å². The Bertz CT molecular complexity index is 830. The number of hydrogen-bond donors (Lipinski definition) is 2. The standard InChI is InChI=1S/C15H13F3N2O3S/c16-15(17,18)12-5-1-10(2-6-12)9-20-14(21)11-3-7-13(8-4-11)24(19,22)23/h1-8H,9H2,(H,20,21)(H2,19,22,23). The van der Waals surface area contributed by atoms with Crippen LogP contribution in [0.15, 0.2) is 53.4 Å². The summed E-state index contributed by atoms with van der Waals surface area (Å²) in [6.07, 6.45) is -4.41. The van der Waals surface area contributed by atoms with Crippen LogP contribution in [-0.2, 0) is 22.7 Å². The fourth-order valence-electron chi connectivity index (χ4n) is 1.89. The lowest BCUT2D eigenvalue weighted by Crippen LogP contribution is -2.23. The van der Waals surface area contributed by atoms with Crippen molar-refractivity contribution < 1.29 is 26.4 Å². The maximum atomic E-state index is 12.5. The molecule has 3 N–H and O–H groups in total. The molecular formula is C15H13F3N2O3S. The van der Waals surface area contributed by atoms with E-state index in [1.807, 2.05) is 0 Å². The summed E-state index contributed by atoms with van der Waals surface area (Å²) in [5.74, 6) is -0.490. The van der Waals surface area contributed by atoms with Gasteiger partial charge < -0.3 is 5.32 Å². The van der Waals surface area contributed by atoms with E-state index in [-0.39, 0.29) is 17.0 Å². The summed E-state index contributed by atoms with van der Waals surface area (Å²) < 4.78 is 59.6. The molecule has 0 spiro atoms. The van der Waals surface area contributed by atoms with Crippen LogP contribution in [0.1, 0.15) is 21.5 Å². The Morgan fingerprint density at radius 3 is 2.00 bits per heavy atom. The largest absolute Gasteiger partial charge is 0.416 e. The molecule has 2 aromatic carbocycles. The summed E-state index contributed by atoms with van der Waals surface area (Å²) in [6, 6.07) is 9.39. The third-order valence-corrected chi connectivity index (χ3v) is 4.11. The number of alkyl halides is 3. The zero-order valence-electron chi connectivity index (χ0n) is 12.2. The molecule has 1 amide bonds. The molecular weight excluding hydrogens is 345 g/mol. The number of primary sulfonamides is 1. The second-order valence-corrected chi connectivity index (χ2v) is 6.51. The van der Waals surface area contributed by atoms with E-state index < -0.39 is 27.7 Å². The summed E-state index contributed by atoms with van der Waals surface area (Å²) in [4.78, 5) is 11.8. The number of nitrogens with two attached hydrogens (primary N) is 1. The van der Waals surface area contributed by atoms with Gasteiger partial charge in [-0.15, -0.1) is 0 Å². The first-order chi connectivity index (χ1) is 11.1. The molecule has 0 radical (unpaired) electrons. The second-order valence-electron chi connectivity index (χ2n) is 4.95. The van der Waals surface area contributed by atoms with E-state index in [1.165, 1.54) is 36.4 Å². The molecule has 0 aliphatic heterocycles. The van der Waals surface area contributed by atoms with Gasteiger partial charge in [-0.2, -0.15) is 13.2 Å². The van der Waals surface area contributed by atoms with Crippen LogP contribution in [0.2, 0.25) is 0 Å². The first-order valence-electron chi connectivity index (χ1n) is 6.64. The average molecular weight is 358 g/mol. The van der Waals surface area contributed by atoms with Gasteiger partial charge in [-0.05, 0) is 42.0 Å². The lowest BCUT2D eigenvalue weighted by Gasteiger charge is -2.09. The van der Waals surface area contributed by atoms with Crippen molar-refractivity contribution in [3.8, 4) is 0 Å². The number of amides is 1. The van der Waals surface area contributed by atoms with E-state index in [0.717, 1.165) is 12.1 Å². The van der Waals surface area contributed by atoms with Crippen LogP contribution in [0.25, 0.3) is 0 Å². The Labute approximate surface area is 136 Å². The van der Waals surface area contributed by atoms with Gasteiger partial charge in [0.25, 0.3) is 5.91 Å². The van der Waals surface area contributed by atoms with Gasteiger partial charge >= 0.3 is 6.18 Å². The molecule has 24 heavy (non-hydrogen) atoms. The quantitative estimate of drug-likeness (QED) is 0.879. The number of halogens is 3. The molecule has 0 bridgehead atoms. The fourth-order valence-corrected chi connectivity index (χ4v) is 2.41. The highest BCUT2D eigenvalue weighted by atomic mass is 32.2. The lowest BCUT2D eigenvalue weighted by atomic mass is 10.1. The molecule has 2 aromatic rings. The minimum atomic E-state index is -4.41. The normalized spacial score (nSPS) is 12.0. The number of sulfonamides is 1. The molecule has 2 rings (SSSR count). The average Bonchev–Trinajstić information content (AvgIpc) is 2.51. The van der Waals surface area contributed by atoms with E-state index >= 15 is 0 Å². The van der Waals surface area contributed by atoms with Crippen LogP contribution in [0.3, 0.4) is 0 Å². The molecule has 0 atom stereocenters. The topological polar surface area (TPSA) is 89.3 Å². The van der Waals surface area contributed by atoms with Gasteiger partial charge in [0.05, 0.1) is 10.5 Å². The molecule has 0 saturated carbocycles. The zero-order chi connectivity index (χ0) is 18.0. The van der Waals surface area contributed by atoms with Crippen molar-refractivity contribution in [2.24, 2.45) is 5.14 Å². The molecule has 0 heterocycles. The lowest BCUT2D eigenvalue weighted by molar-refractivity contribution is -0.137. The molecule has 0 saturated heterocycles. The monoisotopic (exact) mass is 358 g/mol. The van der Waals surface area contributed by atoms with Crippen LogP contribution in [-0.4, -0.2) is 14.3 Å². The molecule has 0 unspecified atom stereocenters. The summed E-state index contributed by atoms with van der Waals surface area (Å²) >= 11 is 0. The van der Waals surface area contributed by atoms with Crippen molar-refractivity contribution >= 4 is 15.9 Å². The predicted molar refractivity (Wildman–Crippen MR) is 80.4 cm³/mol. The molecule has 0 aliphatic rings. The van der Waals surface area contributed by atoms with E-state index in [1.54, 1.807) is 0 Å². The van der Waals surface area contributed by atoms with Crippen LogP contribution in [0, 0.1) is 0 Å². The number of rotatable bonds is 4. The Kier molecular flexibility index (Phi) is 4.95. The highest BCUT2D eigenvalue weighted by Gasteiger charge is 2.29. The summed E-state index contributed by atoms with van der Waals surface area (Å²) in [5, 5.41) is 7.48. The van der Waals surface area contributed by atoms with Gasteiger partial charge in [0.1, 0.15) is 0 Å². The maximum absolute atomic E-state index is 12.5. The highest BCUT2D eigenvalue weighted by Crippen LogP contribution is 2.29. The molecule has 0 aromatic heterocycles. The van der Waals surface area contributed by atoms with Gasteiger partial charge in [0, 0.05) is 12.1 Å². The van der Waals surface area contributed by atoms with E-state index in [4.69, 9.17) is 5.14 Å². The minimum absolute atomic E-state index is 0.0356. The van der Waals surface area contributed by atoms with Crippen molar-refractivity contribution in [3.05, 3.63) is 65.2 Å². The number of nitrogens with one attached hydrogen (secondary N) is 1. The first kappa shape index (κ1) is 18.0. The van der Waals surface area contributed by atoms with Crippen LogP contribution in [0.5, 0.6) is 0 Å². The summed E-state index contributed by atoms with van der Waals surface area (Å²) in [5.41, 5.74) is -0.0667. The third kappa shape index (κ3) is 4.56. The number of hydrogen-bond acceptors (Lipinski definition) is 3. The maximum Gasteiger partial charge on any atom is 0.416 e. The van der Waals surface area contributed by atoms with Crippen LogP contribution >= 0.6 is 0 Å². The van der Waals surface area contributed by atoms with Gasteiger partial charge in [-0.1, -0.05) is 12.1 Å². The van der Waals surface area contributed by atoms with E-state index in [2.05, 4.69) is 5.32 Å². The number of carbonyl (C=O) groups is 1. The second kappa shape index (κ2) is 6.62. The first-order valence-corrected chi connectivity index (χ1v) is 8.19. The third-order valence-electron chi connectivity index (χ3n) is 3.18. The van der Waals surface area contributed by atoms with Crippen molar-refractivity contribution in [1.29, 1.82) is 0 Å². The van der Waals surface area contributed by atoms with Gasteiger partial charge in [0.15, 0.2) is 0 Å². The molecule has 0 fully saturated rings. The SMILES string of the molecule is NS(=O)(=O)c1ccc(C(=O)NCc2ccc(C(F)(F)F)cc2)cc1. The minimum Gasteiger partial charge on any atom is -0.348 e. The summed E-state index contributed by atoms with van der Waals surface area (Å²) in [7, 11) is -3.84. The van der Waals surface area contributed by atoms with Crippen LogP contribution < -0.4 is 10.5 Å². The van der Waals surface area contributed by atoms with Gasteiger partial charge in [-0.3, -0.25) is 4.79 Å². The van der Waals surface area contributed by atoms with Crippen molar-refractivity contribution in [3.63, 3.8) is 0 Å². The molecule has 9 heteroatoms. The van der Waals surface area contributed by atoms with E-state index in [9.17, 15) is 26.4 Å². The van der Waals surface area contributed by atoms with Gasteiger partial charge in [0.2, 0.25) is 10.0 Å². The van der Waals surface area contributed by atoms with Crippen molar-refractivity contribution in [2.75, 3.05) is 0 Å². The predicted octanol–water partition coefficient (Wildman–Crippen LogP) is 2.28. The Morgan fingerprint density at radius 1 is 1.00 bits per heavy atom. The van der Waals surface area contributed by atoms with E-state index in [0.29, 0.717) is 5.56 Å². The Balaban J connectivity index is 2.00.